The first-order valence-corrected chi connectivity index (χ1v) is 3.92. The van der Waals surface area contributed by atoms with Gasteiger partial charge in [-0.25, -0.2) is 4.39 Å². The minimum Gasteiger partial charge on any atom is -0.340 e. The molecular weight excluding hydrogens is 190 g/mol. The van der Waals surface area contributed by atoms with Gasteiger partial charge in [-0.1, -0.05) is 0 Å². The first-order valence-electron chi connectivity index (χ1n) is 3.92. The lowest BCUT2D eigenvalue weighted by Crippen LogP contribution is -2.42. The van der Waals surface area contributed by atoms with Crippen molar-refractivity contribution in [2.75, 3.05) is 13.1 Å². The summed E-state index contributed by atoms with van der Waals surface area (Å²) in [5.41, 5.74) is 0. The predicted molar refractivity (Wildman–Crippen MR) is 36.8 cm³/mol. The van der Waals surface area contributed by atoms with E-state index in [-0.39, 0.29) is 13.1 Å². The molecule has 0 spiro atoms. The van der Waals surface area contributed by atoms with E-state index in [1.54, 1.807) is 0 Å². The molecule has 0 aromatic rings. The van der Waals surface area contributed by atoms with E-state index in [0.717, 1.165) is 4.90 Å². The summed E-state index contributed by atoms with van der Waals surface area (Å²) in [4.78, 5) is 11.7. The second-order valence-corrected chi connectivity index (χ2v) is 2.94. The molecule has 76 valence electrons. The molecule has 0 bridgehead atoms. The van der Waals surface area contributed by atoms with Crippen LogP contribution in [0.1, 0.15) is 12.8 Å². The lowest BCUT2D eigenvalue weighted by Gasteiger charge is -2.19. The molecule has 0 aromatic carbocycles. The van der Waals surface area contributed by atoms with Crippen LogP contribution in [-0.4, -0.2) is 36.2 Å². The van der Waals surface area contributed by atoms with E-state index in [2.05, 4.69) is 0 Å². The molecule has 1 unspecified atom stereocenters. The minimum atomic E-state index is -5.07. The standard InChI is InChI=1S/C7H9F4NO/c8-5(7(9,10)11)6(13)12-3-1-2-4-12/h5H,1-4H2. The van der Waals surface area contributed by atoms with E-state index < -0.39 is 18.3 Å². The Morgan fingerprint density at radius 2 is 1.69 bits per heavy atom. The van der Waals surface area contributed by atoms with Crippen LogP contribution in [0.3, 0.4) is 0 Å². The fraction of sp³-hybridized carbons (Fsp3) is 0.857. The normalized spacial score (nSPS) is 20.5. The number of nitrogens with zero attached hydrogens (tertiary/aromatic N) is 1. The molecule has 1 saturated heterocycles. The Morgan fingerprint density at radius 3 is 2.08 bits per heavy atom. The zero-order chi connectivity index (χ0) is 10.1. The van der Waals surface area contributed by atoms with Gasteiger partial charge in [0.25, 0.3) is 12.1 Å². The Bertz CT molecular complexity index is 197. The summed E-state index contributed by atoms with van der Waals surface area (Å²) in [7, 11) is 0. The maximum absolute atomic E-state index is 12.4. The Morgan fingerprint density at radius 1 is 1.23 bits per heavy atom. The van der Waals surface area contributed by atoms with Crippen molar-refractivity contribution < 1.29 is 22.4 Å². The van der Waals surface area contributed by atoms with Gasteiger partial charge in [0.05, 0.1) is 0 Å². The van der Waals surface area contributed by atoms with Crippen LogP contribution in [0, 0.1) is 0 Å². The summed E-state index contributed by atoms with van der Waals surface area (Å²) in [5.74, 6) is -1.45. The molecule has 1 heterocycles. The van der Waals surface area contributed by atoms with Gasteiger partial charge in [-0.05, 0) is 12.8 Å². The molecule has 2 nitrogen and oxygen atoms in total. The van der Waals surface area contributed by atoms with Crippen molar-refractivity contribution in [3.63, 3.8) is 0 Å². The van der Waals surface area contributed by atoms with E-state index in [1.165, 1.54) is 0 Å². The molecule has 0 radical (unpaired) electrons. The summed E-state index contributed by atoms with van der Waals surface area (Å²) in [5, 5.41) is 0. The van der Waals surface area contributed by atoms with Gasteiger partial charge in [-0.15, -0.1) is 0 Å². The van der Waals surface area contributed by atoms with Crippen LogP contribution < -0.4 is 0 Å². The Balaban J connectivity index is 2.56. The number of hydrogen-bond acceptors (Lipinski definition) is 1. The van der Waals surface area contributed by atoms with Crippen LogP contribution >= 0.6 is 0 Å². The van der Waals surface area contributed by atoms with E-state index in [1.807, 2.05) is 0 Å². The Labute approximate surface area is 72.5 Å². The van der Waals surface area contributed by atoms with Crippen LogP contribution in [0.25, 0.3) is 0 Å². The number of likely N-dealkylation sites (tertiary alicyclic amines) is 1. The maximum atomic E-state index is 12.4. The third-order valence-corrected chi connectivity index (χ3v) is 1.92. The number of alkyl halides is 4. The molecule has 0 saturated carbocycles. The van der Waals surface area contributed by atoms with Crippen molar-refractivity contribution >= 4 is 5.91 Å². The largest absolute Gasteiger partial charge is 0.428 e. The number of amides is 1. The fourth-order valence-corrected chi connectivity index (χ4v) is 1.24. The first-order chi connectivity index (χ1) is 5.93. The lowest BCUT2D eigenvalue weighted by atomic mass is 10.3. The van der Waals surface area contributed by atoms with Gasteiger partial charge >= 0.3 is 6.18 Å². The minimum absolute atomic E-state index is 0.231. The van der Waals surface area contributed by atoms with Gasteiger partial charge in [0.1, 0.15) is 0 Å². The highest BCUT2D eigenvalue weighted by Crippen LogP contribution is 2.25. The second-order valence-electron chi connectivity index (χ2n) is 2.94. The molecule has 6 heteroatoms. The highest BCUT2D eigenvalue weighted by molar-refractivity contribution is 5.81. The smallest absolute Gasteiger partial charge is 0.340 e. The zero-order valence-corrected chi connectivity index (χ0v) is 6.77. The van der Waals surface area contributed by atoms with Gasteiger partial charge in [0.15, 0.2) is 0 Å². The van der Waals surface area contributed by atoms with Gasteiger partial charge in [-0.3, -0.25) is 4.79 Å². The van der Waals surface area contributed by atoms with E-state index in [9.17, 15) is 22.4 Å². The Kier molecular flexibility index (Phi) is 2.77. The lowest BCUT2D eigenvalue weighted by molar-refractivity contribution is -0.192. The number of carbonyl (C=O) groups is 1. The van der Waals surface area contributed by atoms with Crippen LogP contribution in [0.2, 0.25) is 0 Å². The first kappa shape index (κ1) is 10.3. The third-order valence-electron chi connectivity index (χ3n) is 1.92. The molecule has 1 atom stereocenters. The topological polar surface area (TPSA) is 20.3 Å². The average molecular weight is 199 g/mol. The quantitative estimate of drug-likeness (QED) is 0.586. The monoisotopic (exact) mass is 199 g/mol. The molecule has 1 rings (SSSR count). The predicted octanol–water partition coefficient (Wildman–Crippen LogP) is 1.51. The molecule has 0 aliphatic carbocycles. The van der Waals surface area contributed by atoms with Crippen molar-refractivity contribution in [3.05, 3.63) is 0 Å². The zero-order valence-electron chi connectivity index (χ0n) is 6.77. The van der Waals surface area contributed by atoms with Gasteiger partial charge in [-0.2, -0.15) is 13.2 Å². The van der Waals surface area contributed by atoms with E-state index in [4.69, 9.17) is 0 Å². The van der Waals surface area contributed by atoms with Crippen molar-refractivity contribution in [3.8, 4) is 0 Å². The maximum Gasteiger partial charge on any atom is 0.428 e. The summed E-state index contributed by atoms with van der Waals surface area (Å²) < 4.78 is 47.6. The van der Waals surface area contributed by atoms with Crippen LogP contribution in [0.5, 0.6) is 0 Å². The third kappa shape index (κ3) is 2.32. The van der Waals surface area contributed by atoms with Crippen LogP contribution in [0.15, 0.2) is 0 Å². The van der Waals surface area contributed by atoms with Crippen molar-refractivity contribution in [2.45, 2.75) is 25.2 Å². The van der Waals surface area contributed by atoms with Crippen molar-refractivity contribution in [1.82, 2.24) is 4.90 Å². The van der Waals surface area contributed by atoms with Crippen molar-refractivity contribution in [1.29, 1.82) is 0 Å². The van der Waals surface area contributed by atoms with Gasteiger partial charge < -0.3 is 4.90 Å². The second kappa shape index (κ2) is 3.51. The average Bonchev–Trinajstić information content (AvgIpc) is 2.51. The molecular formula is C7H9F4NO. The number of hydrogen-bond donors (Lipinski definition) is 0. The number of carbonyl (C=O) groups excluding carboxylic acids is 1. The van der Waals surface area contributed by atoms with E-state index in [0.29, 0.717) is 12.8 Å². The summed E-state index contributed by atoms with van der Waals surface area (Å²) >= 11 is 0. The SMILES string of the molecule is O=C(C(F)C(F)(F)F)N1CCCC1. The summed E-state index contributed by atoms with van der Waals surface area (Å²) in [6.45, 7) is 0.463. The molecule has 1 aliphatic rings. The van der Waals surface area contributed by atoms with Crippen LogP contribution in [0.4, 0.5) is 17.6 Å². The highest BCUT2D eigenvalue weighted by atomic mass is 19.4. The number of rotatable bonds is 1. The molecule has 1 aliphatic heterocycles. The molecule has 1 fully saturated rings. The highest BCUT2D eigenvalue weighted by Gasteiger charge is 2.47. The molecule has 0 aromatic heterocycles. The van der Waals surface area contributed by atoms with Crippen molar-refractivity contribution in [2.24, 2.45) is 0 Å². The molecule has 1 amide bonds. The van der Waals surface area contributed by atoms with Gasteiger partial charge in [0.2, 0.25) is 0 Å². The van der Waals surface area contributed by atoms with Crippen LogP contribution in [-0.2, 0) is 4.79 Å². The summed E-state index contributed by atoms with van der Waals surface area (Å²) in [6.07, 6.45) is -7.13. The van der Waals surface area contributed by atoms with Gasteiger partial charge in [0, 0.05) is 13.1 Å². The molecule has 13 heavy (non-hydrogen) atoms. The van der Waals surface area contributed by atoms with E-state index >= 15 is 0 Å². The Hall–Kier alpha value is -0.810. The molecule has 0 N–H and O–H groups in total. The number of halogens is 4. The summed E-state index contributed by atoms with van der Waals surface area (Å²) in [6, 6.07) is 0. The fourth-order valence-electron chi connectivity index (χ4n) is 1.24.